The van der Waals surface area contributed by atoms with Gasteiger partial charge in [0, 0.05) is 5.54 Å². The summed E-state index contributed by atoms with van der Waals surface area (Å²) in [4.78, 5) is 18.1. The molecule has 0 radical (unpaired) electrons. The average Bonchev–Trinajstić information content (AvgIpc) is 2.93. The molecule has 0 fully saturated rings. The van der Waals surface area contributed by atoms with Crippen LogP contribution in [0.5, 0.6) is 0 Å². The van der Waals surface area contributed by atoms with E-state index in [1.165, 1.54) is 11.3 Å². The monoisotopic (exact) mass is 348 g/mol. The summed E-state index contributed by atoms with van der Waals surface area (Å²) in [7, 11) is 0. The van der Waals surface area contributed by atoms with Crippen molar-refractivity contribution in [2.24, 2.45) is 0 Å². The van der Waals surface area contributed by atoms with E-state index in [9.17, 15) is 10.1 Å². The zero-order chi connectivity index (χ0) is 17.8. The van der Waals surface area contributed by atoms with Crippen molar-refractivity contribution in [1.82, 2.24) is 9.38 Å². The SMILES string of the molecule is CC(C)(C)Nc1ccc2c(=O)c(C#N)c3sc4ccccc4n3c2n1. The molecule has 4 aromatic rings. The van der Waals surface area contributed by atoms with E-state index in [2.05, 4.69) is 32.2 Å². The highest BCUT2D eigenvalue weighted by atomic mass is 32.1. The van der Waals surface area contributed by atoms with Gasteiger partial charge in [-0.1, -0.05) is 12.1 Å². The number of para-hydroxylation sites is 1. The van der Waals surface area contributed by atoms with Crippen molar-refractivity contribution in [3.05, 3.63) is 52.2 Å². The molecule has 3 aromatic heterocycles. The third-order valence-electron chi connectivity index (χ3n) is 3.90. The van der Waals surface area contributed by atoms with Crippen LogP contribution in [0.1, 0.15) is 26.3 Å². The fraction of sp³-hybridized carbons (Fsp3) is 0.211. The summed E-state index contributed by atoms with van der Waals surface area (Å²) in [5, 5.41) is 13.3. The quantitative estimate of drug-likeness (QED) is 0.561. The Balaban J connectivity index is 2.20. The number of fused-ring (bicyclic) bond motifs is 5. The van der Waals surface area contributed by atoms with Crippen LogP contribution in [0.25, 0.3) is 26.1 Å². The molecule has 25 heavy (non-hydrogen) atoms. The second-order valence-electron chi connectivity index (χ2n) is 6.97. The molecule has 6 heteroatoms. The Hall–Kier alpha value is -2.91. The van der Waals surface area contributed by atoms with Crippen molar-refractivity contribution in [2.45, 2.75) is 26.3 Å². The number of pyridine rings is 2. The first kappa shape index (κ1) is 15.6. The highest BCUT2D eigenvalue weighted by molar-refractivity contribution is 7.24. The van der Waals surface area contributed by atoms with Crippen LogP contribution in [0.15, 0.2) is 41.2 Å². The van der Waals surface area contributed by atoms with E-state index in [1.54, 1.807) is 12.1 Å². The predicted molar refractivity (Wildman–Crippen MR) is 102 cm³/mol. The third kappa shape index (κ3) is 2.44. The highest BCUT2D eigenvalue weighted by Crippen LogP contribution is 2.30. The summed E-state index contributed by atoms with van der Waals surface area (Å²) in [5.74, 6) is 0.702. The van der Waals surface area contributed by atoms with Crippen molar-refractivity contribution in [1.29, 1.82) is 5.26 Å². The molecule has 0 saturated carbocycles. The Bertz CT molecular complexity index is 1240. The second-order valence-corrected chi connectivity index (χ2v) is 8.00. The van der Waals surface area contributed by atoms with E-state index >= 15 is 0 Å². The first-order valence-electron chi connectivity index (χ1n) is 7.94. The van der Waals surface area contributed by atoms with Crippen LogP contribution in [-0.2, 0) is 0 Å². The average molecular weight is 348 g/mol. The van der Waals surface area contributed by atoms with Gasteiger partial charge in [0.2, 0.25) is 5.43 Å². The van der Waals surface area contributed by atoms with Crippen LogP contribution in [0, 0.1) is 11.3 Å². The van der Waals surface area contributed by atoms with Gasteiger partial charge in [-0.15, -0.1) is 11.3 Å². The van der Waals surface area contributed by atoms with E-state index in [0.29, 0.717) is 21.7 Å². The van der Waals surface area contributed by atoms with Gasteiger partial charge in [0.05, 0.1) is 15.6 Å². The molecule has 3 heterocycles. The topological polar surface area (TPSA) is 70.2 Å². The fourth-order valence-corrected chi connectivity index (χ4v) is 4.08. The number of nitriles is 1. The van der Waals surface area contributed by atoms with Gasteiger partial charge in [-0.05, 0) is 45.0 Å². The Kier molecular flexibility index (Phi) is 3.31. The number of nitrogens with zero attached hydrogens (tertiary/aromatic N) is 3. The number of aromatic nitrogens is 2. The molecule has 0 aliphatic rings. The van der Waals surface area contributed by atoms with E-state index < -0.39 is 0 Å². The maximum Gasteiger partial charge on any atom is 0.210 e. The Morgan fingerprint density at radius 3 is 2.68 bits per heavy atom. The molecule has 0 bridgehead atoms. The van der Waals surface area contributed by atoms with Crippen LogP contribution >= 0.6 is 11.3 Å². The standard InChI is InChI=1S/C19H16N4OS/c1-19(2,3)22-15-9-8-11-16(24)12(10-20)18-23(17(11)21-15)13-6-4-5-7-14(13)25-18/h4-9H,1-3H3,(H,21,22). The molecule has 5 nitrogen and oxygen atoms in total. The number of thiazole rings is 1. The molecule has 0 aliphatic heterocycles. The molecule has 0 saturated heterocycles. The summed E-state index contributed by atoms with van der Waals surface area (Å²) in [5.41, 5.74) is 1.29. The van der Waals surface area contributed by atoms with E-state index in [-0.39, 0.29) is 16.5 Å². The smallest absolute Gasteiger partial charge is 0.210 e. The van der Waals surface area contributed by atoms with Crippen molar-refractivity contribution in [3.63, 3.8) is 0 Å². The van der Waals surface area contributed by atoms with Crippen molar-refractivity contribution < 1.29 is 0 Å². The molecule has 124 valence electrons. The van der Waals surface area contributed by atoms with Crippen molar-refractivity contribution >= 4 is 43.2 Å². The molecular weight excluding hydrogens is 332 g/mol. The lowest BCUT2D eigenvalue weighted by molar-refractivity contribution is 0.631. The summed E-state index contributed by atoms with van der Waals surface area (Å²) in [6, 6.07) is 13.5. The molecule has 4 rings (SSSR count). The minimum absolute atomic E-state index is 0.145. The van der Waals surface area contributed by atoms with E-state index in [0.717, 1.165) is 10.2 Å². The molecule has 1 N–H and O–H groups in total. The van der Waals surface area contributed by atoms with Gasteiger partial charge < -0.3 is 5.32 Å². The number of hydrogen-bond acceptors (Lipinski definition) is 5. The van der Waals surface area contributed by atoms with Crippen molar-refractivity contribution in [3.8, 4) is 6.07 Å². The Morgan fingerprint density at radius 1 is 1.20 bits per heavy atom. The molecular formula is C19H16N4OS. The van der Waals surface area contributed by atoms with E-state index in [4.69, 9.17) is 4.98 Å². The molecule has 0 aliphatic carbocycles. The second kappa shape index (κ2) is 5.30. The van der Waals surface area contributed by atoms with Gasteiger partial charge >= 0.3 is 0 Å². The minimum Gasteiger partial charge on any atom is -0.365 e. The molecule has 0 spiro atoms. The lowest BCUT2D eigenvalue weighted by Crippen LogP contribution is -2.26. The normalized spacial score (nSPS) is 11.9. The zero-order valence-electron chi connectivity index (χ0n) is 14.1. The molecule has 1 aromatic carbocycles. The summed E-state index contributed by atoms with van der Waals surface area (Å²) >= 11 is 1.44. The van der Waals surface area contributed by atoms with Crippen LogP contribution < -0.4 is 10.7 Å². The maximum atomic E-state index is 12.8. The van der Waals surface area contributed by atoms with Gasteiger partial charge in [-0.3, -0.25) is 9.20 Å². The summed E-state index contributed by atoms with van der Waals surface area (Å²) in [6.45, 7) is 6.16. The highest BCUT2D eigenvalue weighted by Gasteiger charge is 2.18. The van der Waals surface area contributed by atoms with Gasteiger partial charge in [0.25, 0.3) is 0 Å². The number of anilines is 1. The van der Waals surface area contributed by atoms with E-state index in [1.807, 2.05) is 28.7 Å². The van der Waals surface area contributed by atoms with Gasteiger partial charge in [-0.2, -0.15) is 5.26 Å². The molecule has 0 amide bonds. The van der Waals surface area contributed by atoms with Gasteiger partial charge in [0.1, 0.15) is 22.3 Å². The van der Waals surface area contributed by atoms with Crippen LogP contribution in [0.4, 0.5) is 5.82 Å². The third-order valence-corrected chi connectivity index (χ3v) is 5.05. The van der Waals surface area contributed by atoms with Gasteiger partial charge in [-0.25, -0.2) is 4.98 Å². The van der Waals surface area contributed by atoms with Crippen LogP contribution in [0.2, 0.25) is 0 Å². The molecule has 0 atom stereocenters. The minimum atomic E-state index is -0.265. The summed E-state index contributed by atoms with van der Waals surface area (Å²) in [6.07, 6.45) is 0. The lowest BCUT2D eigenvalue weighted by atomic mass is 10.1. The largest absolute Gasteiger partial charge is 0.365 e. The summed E-state index contributed by atoms with van der Waals surface area (Å²) < 4.78 is 2.94. The number of hydrogen-bond donors (Lipinski definition) is 1. The number of rotatable bonds is 1. The first-order valence-corrected chi connectivity index (χ1v) is 8.76. The number of nitrogens with one attached hydrogen (secondary N) is 1. The van der Waals surface area contributed by atoms with Crippen molar-refractivity contribution in [2.75, 3.05) is 5.32 Å². The maximum absolute atomic E-state index is 12.8. The zero-order valence-corrected chi connectivity index (χ0v) is 14.9. The Morgan fingerprint density at radius 2 is 1.96 bits per heavy atom. The van der Waals surface area contributed by atoms with Crippen LogP contribution in [-0.4, -0.2) is 14.9 Å². The number of benzene rings is 1. The fourth-order valence-electron chi connectivity index (χ4n) is 2.94. The Labute approximate surface area is 148 Å². The van der Waals surface area contributed by atoms with Crippen LogP contribution in [0.3, 0.4) is 0 Å². The first-order chi connectivity index (χ1) is 11.9. The lowest BCUT2D eigenvalue weighted by Gasteiger charge is -2.21. The molecule has 0 unspecified atom stereocenters. The van der Waals surface area contributed by atoms with Gasteiger partial charge in [0.15, 0.2) is 5.65 Å². The predicted octanol–water partition coefficient (Wildman–Crippen LogP) is 4.14.